The molecule has 1 atom stereocenters. The first-order chi connectivity index (χ1) is 7.32. The minimum absolute atomic E-state index is 0.0477. The Morgan fingerprint density at radius 2 is 1.69 bits per heavy atom. The van der Waals surface area contributed by atoms with Crippen molar-refractivity contribution in [1.82, 2.24) is 0 Å². The fourth-order valence-electron chi connectivity index (χ4n) is 1.45. The molecular weight excluding hydrogens is 198 g/mol. The third-order valence-electron chi connectivity index (χ3n) is 2.93. The molecule has 0 radical (unpaired) electrons. The molecule has 0 aromatic heterocycles. The van der Waals surface area contributed by atoms with E-state index in [1.807, 2.05) is 6.07 Å². The summed E-state index contributed by atoms with van der Waals surface area (Å²) < 4.78 is 5.83. The number of para-hydroxylation sites is 1. The van der Waals surface area contributed by atoms with Crippen LogP contribution in [-0.2, 0) is 0 Å². The summed E-state index contributed by atoms with van der Waals surface area (Å²) in [5.74, 6) is 0.974. The monoisotopic (exact) mass is 221 g/mol. The number of aryl methyl sites for hydroxylation is 2. The summed E-state index contributed by atoms with van der Waals surface area (Å²) in [6, 6.07) is 6.21. The van der Waals surface area contributed by atoms with Crippen molar-refractivity contribution in [2.24, 2.45) is 11.1 Å². The van der Waals surface area contributed by atoms with Gasteiger partial charge in [-0.25, -0.2) is 0 Å². The summed E-state index contributed by atoms with van der Waals surface area (Å²) in [5.41, 5.74) is 8.49. The molecule has 0 amide bonds. The Hall–Kier alpha value is -1.02. The van der Waals surface area contributed by atoms with Crippen molar-refractivity contribution in [2.45, 2.75) is 40.7 Å². The maximum absolute atomic E-state index is 6.07. The lowest BCUT2D eigenvalue weighted by Crippen LogP contribution is -2.40. The van der Waals surface area contributed by atoms with Gasteiger partial charge in [0, 0.05) is 6.04 Å². The zero-order valence-corrected chi connectivity index (χ0v) is 11.0. The molecule has 0 saturated heterocycles. The van der Waals surface area contributed by atoms with E-state index >= 15 is 0 Å². The van der Waals surface area contributed by atoms with Gasteiger partial charge in [-0.15, -0.1) is 0 Å². The number of rotatable bonds is 3. The van der Waals surface area contributed by atoms with Crippen LogP contribution in [0, 0.1) is 19.3 Å². The van der Waals surface area contributed by atoms with Crippen LogP contribution in [0.3, 0.4) is 0 Å². The first-order valence-corrected chi connectivity index (χ1v) is 5.77. The van der Waals surface area contributed by atoms with E-state index in [9.17, 15) is 0 Å². The molecule has 0 aliphatic carbocycles. The molecule has 0 bridgehead atoms. The summed E-state index contributed by atoms with van der Waals surface area (Å²) >= 11 is 0. The average Bonchev–Trinajstić information content (AvgIpc) is 2.15. The largest absolute Gasteiger partial charge is 0.491 e. The fraction of sp³-hybridized carbons (Fsp3) is 0.571. The summed E-state index contributed by atoms with van der Waals surface area (Å²) in [6.45, 7) is 11.1. The number of hydrogen-bond donors (Lipinski definition) is 1. The zero-order valence-electron chi connectivity index (χ0n) is 11.0. The van der Waals surface area contributed by atoms with Crippen LogP contribution in [0.1, 0.15) is 31.9 Å². The smallest absolute Gasteiger partial charge is 0.125 e. The lowest BCUT2D eigenvalue weighted by molar-refractivity contribution is 0.204. The van der Waals surface area contributed by atoms with E-state index in [1.54, 1.807) is 0 Å². The van der Waals surface area contributed by atoms with Crippen LogP contribution in [0.4, 0.5) is 0 Å². The van der Waals surface area contributed by atoms with Crippen molar-refractivity contribution in [3.8, 4) is 5.75 Å². The van der Waals surface area contributed by atoms with Gasteiger partial charge in [-0.1, -0.05) is 39.0 Å². The lowest BCUT2D eigenvalue weighted by atomic mass is 9.88. The fourth-order valence-corrected chi connectivity index (χ4v) is 1.45. The van der Waals surface area contributed by atoms with Gasteiger partial charge in [0.15, 0.2) is 0 Å². The number of hydrogen-bond acceptors (Lipinski definition) is 2. The molecule has 0 heterocycles. The second-order valence-corrected chi connectivity index (χ2v) is 5.50. The Balaban J connectivity index is 2.69. The van der Waals surface area contributed by atoms with Gasteiger partial charge in [-0.05, 0) is 30.4 Å². The molecular formula is C14H23NO. The molecule has 2 heteroatoms. The molecule has 0 unspecified atom stereocenters. The van der Waals surface area contributed by atoms with Gasteiger partial charge in [-0.3, -0.25) is 0 Å². The number of ether oxygens (including phenoxy) is 1. The van der Waals surface area contributed by atoms with Crippen molar-refractivity contribution >= 4 is 0 Å². The predicted molar refractivity (Wildman–Crippen MR) is 68.8 cm³/mol. The summed E-state index contributed by atoms with van der Waals surface area (Å²) in [7, 11) is 0. The summed E-state index contributed by atoms with van der Waals surface area (Å²) in [6.07, 6.45) is 0. The van der Waals surface area contributed by atoms with Gasteiger partial charge in [-0.2, -0.15) is 0 Å². The Labute approximate surface area is 98.8 Å². The molecule has 16 heavy (non-hydrogen) atoms. The van der Waals surface area contributed by atoms with Crippen molar-refractivity contribution in [3.05, 3.63) is 29.3 Å². The average molecular weight is 221 g/mol. The highest BCUT2D eigenvalue weighted by Gasteiger charge is 2.21. The van der Waals surface area contributed by atoms with Crippen molar-refractivity contribution in [3.63, 3.8) is 0 Å². The second kappa shape index (κ2) is 4.88. The number of benzene rings is 1. The molecule has 2 N–H and O–H groups in total. The molecule has 1 aromatic rings. The van der Waals surface area contributed by atoms with Gasteiger partial charge in [0.05, 0.1) is 0 Å². The maximum Gasteiger partial charge on any atom is 0.125 e. The van der Waals surface area contributed by atoms with Gasteiger partial charge in [0.2, 0.25) is 0 Å². The summed E-state index contributed by atoms with van der Waals surface area (Å²) in [4.78, 5) is 0. The lowest BCUT2D eigenvalue weighted by Gasteiger charge is -2.27. The van der Waals surface area contributed by atoms with Gasteiger partial charge >= 0.3 is 0 Å². The molecule has 1 aromatic carbocycles. The van der Waals surface area contributed by atoms with Crippen molar-refractivity contribution in [2.75, 3.05) is 6.61 Å². The van der Waals surface area contributed by atoms with E-state index in [4.69, 9.17) is 10.5 Å². The van der Waals surface area contributed by atoms with E-state index in [1.165, 1.54) is 11.1 Å². The van der Waals surface area contributed by atoms with E-state index in [-0.39, 0.29) is 11.5 Å². The van der Waals surface area contributed by atoms with Crippen LogP contribution < -0.4 is 10.5 Å². The van der Waals surface area contributed by atoms with Gasteiger partial charge in [0.1, 0.15) is 12.4 Å². The molecule has 2 nitrogen and oxygen atoms in total. The SMILES string of the molecule is Cc1cccc(C)c1OC[C@@H](N)C(C)(C)C. The standard InChI is InChI=1S/C14H23NO/c1-10-7-6-8-11(2)13(10)16-9-12(15)14(3,4)5/h6-8,12H,9,15H2,1-5H3/t12-/m1/s1. The highest BCUT2D eigenvalue weighted by molar-refractivity contribution is 5.39. The van der Waals surface area contributed by atoms with Gasteiger partial charge < -0.3 is 10.5 Å². The molecule has 0 aliphatic rings. The van der Waals surface area contributed by atoms with E-state index in [0.29, 0.717) is 6.61 Å². The molecule has 90 valence electrons. The Morgan fingerprint density at radius 3 is 2.12 bits per heavy atom. The first kappa shape index (κ1) is 13.0. The minimum atomic E-state index is 0.0477. The Morgan fingerprint density at radius 1 is 1.19 bits per heavy atom. The Kier molecular flexibility index (Phi) is 3.98. The molecule has 0 spiro atoms. The first-order valence-electron chi connectivity index (χ1n) is 5.77. The van der Waals surface area contributed by atoms with Crippen LogP contribution >= 0.6 is 0 Å². The zero-order chi connectivity index (χ0) is 12.3. The van der Waals surface area contributed by atoms with E-state index in [0.717, 1.165) is 5.75 Å². The minimum Gasteiger partial charge on any atom is -0.491 e. The third kappa shape index (κ3) is 3.24. The molecule has 1 rings (SSSR count). The molecule has 0 aliphatic heterocycles. The molecule has 0 fully saturated rings. The summed E-state index contributed by atoms with van der Waals surface area (Å²) in [5, 5.41) is 0. The second-order valence-electron chi connectivity index (χ2n) is 5.50. The molecule has 0 saturated carbocycles. The van der Waals surface area contributed by atoms with E-state index in [2.05, 4.69) is 46.8 Å². The van der Waals surface area contributed by atoms with Crippen LogP contribution in [0.25, 0.3) is 0 Å². The topological polar surface area (TPSA) is 35.2 Å². The van der Waals surface area contributed by atoms with Crippen molar-refractivity contribution < 1.29 is 4.74 Å². The Bertz CT molecular complexity index is 332. The highest BCUT2D eigenvalue weighted by atomic mass is 16.5. The van der Waals surface area contributed by atoms with Crippen molar-refractivity contribution in [1.29, 1.82) is 0 Å². The third-order valence-corrected chi connectivity index (χ3v) is 2.93. The number of nitrogens with two attached hydrogens (primary N) is 1. The predicted octanol–water partition coefficient (Wildman–Crippen LogP) is 3.06. The maximum atomic E-state index is 6.07. The van der Waals surface area contributed by atoms with Crippen LogP contribution in [-0.4, -0.2) is 12.6 Å². The van der Waals surface area contributed by atoms with Crippen LogP contribution in [0.5, 0.6) is 5.75 Å². The highest BCUT2D eigenvalue weighted by Crippen LogP contribution is 2.24. The normalized spacial score (nSPS) is 13.6. The van der Waals surface area contributed by atoms with Crippen LogP contribution in [0.15, 0.2) is 18.2 Å². The van der Waals surface area contributed by atoms with Gasteiger partial charge in [0.25, 0.3) is 0 Å². The quantitative estimate of drug-likeness (QED) is 0.851. The van der Waals surface area contributed by atoms with Crippen LogP contribution in [0.2, 0.25) is 0 Å². The van der Waals surface area contributed by atoms with E-state index < -0.39 is 0 Å².